The van der Waals surface area contributed by atoms with E-state index in [0.29, 0.717) is 11.5 Å². The van der Waals surface area contributed by atoms with Crippen LogP contribution in [0.4, 0.5) is 0 Å². The normalized spacial score (nSPS) is 37.9. The summed E-state index contributed by atoms with van der Waals surface area (Å²) in [5.74, 6) is 2.63. The average molecular weight is 237 g/mol. The maximum absolute atomic E-state index is 6.11. The molecule has 98 valence electrons. The van der Waals surface area contributed by atoms with E-state index >= 15 is 0 Å². The Labute approximate surface area is 105 Å². The van der Waals surface area contributed by atoms with E-state index in [0.717, 1.165) is 30.9 Å². The molecular weight excluding hydrogens is 210 g/mol. The second-order valence-electron chi connectivity index (χ2n) is 6.91. The van der Waals surface area contributed by atoms with Crippen molar-refractivity contribution in [2.75, 3.05) is 19.7 Å². The van der Waals surface area contributed by atoms with Gasteiger partial charge in [-0.2, -0.15) is 0 Å². The lowest BCUT2D eigenvalue weighted by atomic mass is 9.74. The van der Waals surface area contributed by atoms with Crippen molar-refractivity contribution in [3.05, 3.63) is 0 Å². The Morgan fingerprint density at radius 2 is 2.00 bits per heavy atom. The number of nitrogens with one attached hydrogen (secondary N) is 1. The van der Waals surface area contributed by atoms with Gasteiger partial charge in [0.2, 0.25) is 0 Å². The minimum atomic E-state index is 0.510. The zero-order chi connectivity index (χ0) is 11.9. The van der Waals surface area contributed by atoms with Gasteiger partial charge in [-0.25, -0.2) is 0 Å². The molecule has 0 aromatic rings. The molecule has 1 aliphatic heterocycles. The third-order valence-corrected chi connectivity index (χ3v) is 4.88. The van der Waals surface area contributed by atoms with Gasteiger partial charge in [0.05, 0.1) is 6.10 Å². The molecule has 0 aromatic heterocycles. The van der Waals surface area contributed by atoms with Crippen LogP contribution in [0, 0.1) is 23.2 Å². The Morgan fingerprint density at radius 1 is 1.24 bits per heavy atom. The Morgan fingerprint density at radius 3 is 2.59 bits per heavy atom. The zero-order valence-corrected chi connectivity index (χ0v) is 11.4. The summed E-state index contributed by atoms with van der Waals surface area (Å²) in [6.07, 6.45) is 7.65. The highest BCUT2D eigenvalue weighted by Gasteiger charge is 2.57. The third kappa shape index (κ3) is 2.39. The van der Waals surface area contributed by atoms with E-state index in [4.69, 9.17) is 4.74 Å². The summed E-state index contributed by atoms with van der Waals surface area (Å²) in [6.45, 7) is 7.96. The van der Waals surface area contributed by atoms with E-state index in [9.17, 15) is 0 Å². The Hall–Kier alpha value is -0.0800. The summed E-state index contributed by atoms with van der Waals surface area (Å²) < 4.78 is 6.11. The van der Waals surface area contributed by atoms with Gasteiger partial charge < -0.3 is 10.1 Å². The maximum atomic E-state index is 6.11. The van der Waals surface area contributed by atoms with E-state index in [1.54, 1.807) is 0 Å². The molecule has 1 N–H and O–H groups in total. The summed E-state index contributed by atoms with van der Waals surface area (Å²) in [5, 5.41) is 3.72. The molecule has 3 fully saturated rings. The van der Waals surface area contributed by atoms with Crippen molar-refractivity contribution in [2.45, 2.75) is 52.1 Å². The van der Waals surface area contributed by atoms with Crippen LogP contribution in [-0.4, -0.2) is 25.8 Å². The highest BCUT2D eigenvalue weighted by atomic mass is 16.5. The van der Waals surface area contributed by atoms with Gasteiger partial charge >= 0.3 is 0 Å². The molecule has 2 atom stereocenters. The second kappa shape index (κ2) is 4.55. The van der Waals surface area contributed by atoms with Gasteiger partial charge in [0.25, 0.3) is 0 Å². The Kier molecular flexibility index (Phi) is 3.20. The first-order valence-corrected chi connectivity index (χ1v) is 7.55. The van der Waals surface area contributed by atoms with Gasteiger partial charge in [0.1, 0.15) is 0 Å². The first-order valence-electron chi connectivity index (χ1n) is 7.55. The molecule has 0 aromatic carbocycles. The Balaban J connectivity index is 1.64. The summed E-state index contributed by atoms with van der Waals surface area (Å²) in [7, 11) is 0. The van der Waals surface area contributed by atoms with Crippen LogP contribution in [0.25, 0.3) is 0 Å². The largest absolute Gasteiger partial charge is 0.377 e. The van der Waals surface area contributed by atoms with Crippen molar-refractivity contribution in [3.8, 4) is 0 Å². The van der Waals surface area contributed by atoms with Crippen LogP contribution in [-0.2, 0) is 4.74 Å². The zero-order valence-electron chi connectivity index (χ0n) is 11.4. The Bertz CT molecular complexity index is 270. The predicted octanol–water partition coefficient (Wildman–Crippen LogP) is 2.83. The van der Waals surface area contributed by atoms with Crippen LogP contribution in [0.3, 0.4) is 0 Å². The molecule has 1 heterocycles. The van der Waals surface area contributed by atoms with Gasteiger partial charge in [0, 0.05) is 18.6 Å². The van der Waals surface area contributed by atoms with E-state index in [-0.39, 0.29) is 0 Å². The van der Waals surface area contributed by atoms with Crippen molar-refractivity contribution in [2.24, 2.45) is 23.2 Å². The van der Waals surface area contributed by atoms with Gasteiger partial charge in [-0.15, -0.1) is 0 Å². The summed E-state index contributed by atoms with van der Waals surface area (Å²) in [6, 6.07) is 0. The molecule has 3 rings (SSSR count). The number of rotatable bonds is 6. The van der Waals surface area contributed by atoms with Crippen molar-refractivity contribution in [3.63, 3.8) is 0 Å². The van der Waals surface area contributed by atoms with Crippen LogP contribution in [0.15, 0.2) is 0 Å². The van der Waals surface area contributed by atoms with Crippen LogP contribution in [0.1, 0.15) is 46.0 Å². The van der Waals surface area contributed by atoms with E-state index in [1.165, 1.54) is 38.6 Å². The second-order valence-corrected chi connectivity index (χ2v) is 6.91. The smallest absolute Gasteiger partial charge is 0.0675 e. The van der Waals surface area contributed by atoms with Gasteiger partial charge in [-0.1, -0.05) is 13.8 Å². The molecule has 0 bridgehead atoms. The van der Waals surface area contributed by atoms with E-state index in [1.807, 2.05) is 0 Å². The first-order chi connectivity index (χ1) is 8.22. The average Bonchev–Trinajstić information content (AvgIpc) is 3.18. The van der Waals surface area contributed by atoms with Gasteiger partial charge in [-0.3, -0.25) is 0 Å². The molecule has 0 amide bonds. The molecule has 2 saturated carbocycles. The minimum Gasteiger partial charge on any atom is -0.377 e. The monoisotopic (exact) mass is 237 g/mol. The summed E-state index contributed by atoms with van der Waals surface area (Å²) in [4.78, 5) is 0. The van der Waals surface area contributed by atoms with Crippen molar-refractivity contribution < 1.29 is 4.74 Å². The molecular formula is C15H27NO. The summed E-state index contributed by atoms with van der Waals surface area (Å²) in [5.41, 5.74) is 0.510. The molecule has 2 nitrogen and oxygen atoms in total. The number of ether oxygens (including phenoxy) is 1. The topological polar surface area (TPSA) is 21.3 Å². The summed E-state index contributed by atoms with van der Waals surface area (Å²) >= 11 is 0. The number of hydrogen-bond acceptors (Lipinski definition) is 2. The SMILES string of the molecule is CC(C)CNCC1(C2CC2)CCOC1C1CC1. The molecule has 0 radical (unpaired) electrons. The molecule has 3 aliphatic rings. The molecule has 2 unspecified atom stereocenters. The van der Waals surface area contributed by atoms with Crippen LogP contribution in [0.2, 0.25) is 0 Å². The van der Waals surface area contributed by atoms with Gasteiger partial charge in [0.15, 0.2) is 0 Å². The molecule has 17 heavy (non-hydrogen) atoms. The fourth-order valence-electron chi connectivity index (χ4n) is 3.71. The fraction of sp³-hybridized carbons (Fsp3) is 1.00. The van der Waals surface area contributed by atoms with E-state index in [2.05, 4.69) is 19.2 Å². The molecule has 1 saturated heterocycles. The number of hydrogen-bond donors (Lipinski definition) is 1. The first kappa shape index (κ1) is 12.0. The van der Waals surface area contributed by atoms with Crippen molar-refractivity contribution in [1.82, 2.24) is 5.32 Å². The third-order valence-electron chi connectivity index (χ3n) is 4.88. The lowest BCUT2D eigenvalue weighted by molar-refractivity contribution is 0.0195. The van der Waals surface area contributed by atoms with Crippen LogP contribution >= 0.6 is 0 Å². The highest BCUT2D eigenvalue weighted by Crippen LogP contribution is 2.58. The van der Waals surface area contributed by atoms with E-state index < -0.39 is 0 Å². The highest BCUT2D eigenvalue weighted by molar-refractivity contribution is 5.07. The lowest BCUT2D eigenvalue weighted by Crippen LogP contribution is -2.44. The molecule has 2 aliphatic carbocycles. The standard InChI is InChI=1S/C15H27NO/c1-11(2)9-16-10-15(13-5-6-13)7-8-17-14(15)12-3-4-12/h11-14,16H,3-10H2,1-2H3. The van der Waals surface area contributed by atoms with Crippen LogP contribution in [0.5, 0.6) is 0 Å². The minimum absolute atomic E-state index is 0.510. The van der Waals surface area contributed by atoms with Crippen molar-refractivity contribution >= 4 is 0 Å². The predicted molar refractivity (Wildman–Crippen MR) is 69.9 cm³/mol. The lowest BCUT2D eigenvalue weighted by Gasteiger charge is -2.35. The van der Waals surface area contributed by atoms with Crippen LogP contribution < -0.4 is 5.32 Å². The molecule has 2 heteroatoms. The quantitative estimate of drug-likeness (QED) is 0.767. The van der Waals surface area contributed by atoms with Gasteiger partial charge in [-0.05, 0) is 56.4 Å². The van der Waals surface area contributed by atoms with Crippen molar-refractivity contribution in [1.29, 1.82) is 0 Å². The molecule has 0 spiro atoms. The maximum Gasteiger partial charge on any atom is 0.0675 e. The fourth-order valence-corrected chi connectivity index (χ4v) is 3.71.